The second-order valence-corrected chi connectivity index (χ2v) is 10.5. The molecule has 0 amide bonds. The molecule has 2 aromatic heterocycles. The van der Waals surface area contributed by atoms with E-state index in [0.29, 0.717) is 11.1 Å². The monoisotopic (exact) mass is 430 g/mol. The zero-order valence-electron chi connectivity index (χ0n) is 17.5. The molecule has 0 radical (unpaired) electrons. The van der Waals surface area contributed by atoms with Crippen LogP contribution in [0.25, 0.3) is 21.7 Å². The standard InChI is InChI=1S/C21H27ClN6S/c1-20(2)9-15(10-21(3,4)27-20)24-19-26-25-18(29-19)16-7-6-13(8-17(16)22)14-11-23-28(5)12-14/h6-8,11-12,15,27H,9-10H2,1-5H3,(H,24,26). The number of rotatable bonds is 4. The van der Waals surface area contributed by atoms with E-state index in [1.54, 1.807) is 16.0 Å². The molecule has 2 N–H and O–H groups in total. The highest BCUT2D eigenvalue weighted by molar-refractivity contribution is 7.18. The molecule has 0 aliphatic carbocycles. The van der Waals surface area contributed by atoms with Gasteiger partial charge >= 0.3 is 0 Å². The van der Waals surface area contributed by atoms with E-state index in [-0.39, 0.29) is 11.1 Å². The molecule has 4 rings (SSSR count). The van der Waals surface area contributed by atoms with Gasteiger partial charge in [-0.15, -0.1) is 10.2 Å². The average Bonchev–Trinajstić information content (AvgIpc) is 3.21. The third kappa shape index (κ3) is 4.63. The van der Waals surface area contributed by atoms with Crippen molar-refractivity contribution in [3.05, 3.63) is 35.6 Å². The molecular weight excluding hydrogens is 404 g/mol. The summed E-state index contributed by atoms with van der Waals surface area (Å²) in [6.07, 6.45) is 5.87. The minimum absolute atomic E-state index is 0.0817. The topological polar surface area (TPSA) is 67.7 Å². The summed E-state index contributed by atoms with van der Waals surface area (Å²) in [6.45, 7) is 8.99. The fraction of sp³-hybridized carbons (Fsp3) is 0.476. The summed E-state index contributed by atoms with van der Waals surface area (Å²) in [7, 11) is 1.90. The molecule has 1 fully saturated rings. The van der Waals surface area contributed by atoms with Crippen LogP contribution >= 0.6 is 22.9 Å². The first-order valence-electron chi connectivity index (χ1n) is 9.79. The van der Waals surface area contributed by atoms with Crippen LogP contribution < -0.4 is 10.6 Å². The highest BCUT2D eigenvalue weighted by Crippen LogP contribution is 2.36. The van der Waals surface area contributed by atoms with Crippen molar-refractivity contribution in [2.45, 2.75) is 57.7 Å². The molecule has 1 aliphatic rings. The third-order valence-corrected chi connectivity index (χ3v) is 6.38. The second-order valence-electron chi connectivity index (χ2n) is 9.15. The van der Waals surface area contributed by atoms with Gasteiger partial charge in [-0.05, 0) is 58.2 Å². The Bertz CT molecular complexity index is 1010. The van der Waals surface area contributed by atoms with Crippen LogP contribution in [-0.2, 0) is 7.05 Å². The Kier molecular flexibility index (Phi) is 5.17. The normalized spacial score (nSPS) is 18.7. The van der Waals surface area contributed by atoms with E-state index < -0.39 is 0 Å². The number of nitrogens with one attached hydrogen (secondary N) is 2. The summed E-state index contributed by atoms with van der Waals surface area (Å²) in [5.41, 5.74) is 3.14. The Balaban J connectivity index is 1.52. The number of benzene rings is 1. The van der Waals surface area contributed by atoms with E-state index in [9.17, 15) is 0 Å². The van der Waals surface area contributed by atoms with Gasteiger partial charge in [0.1, 0.15) is 0 Å². The molecule has 154 valence electrons. The van der Waals surface area contributed by atoms with Crippen molar-refractivity contribution in [2.75, 3.05) is 5.32 Å². The molecule has 0 unspecified atom stereocenters. The maximum absolute atomic E-state index is 6.58. The van der Waals surface area contributed by atoms with Gasteiger partial charge in [-0.25, -0.2) is 0 Å². The summed E-state index contributed by atoms with van der Waals surface area (Å²) in [4.78, 5) is 0. The fourth-order valence-electron chi connectivity index (χ4n) is 4.43. The molecule has 1 saturated heterocycles. The number of hydrogen-bond acceptors (Lipinski definition) is 6. The Morgan fingerprint density at radius 1 is 1.14 bits per heavy atom. The van der Waals surface area contributed by atoms with Gasteiger partial charge in [0.25, 0.3) is 0 Å². The van der Waals surface area contributed by atoms with E-state index in [1.165, 1.54) is 0 Å². The van der Waals surface area contributed by atoms with Crippen molar-refractivity contribution in [3.8, 4) is 21.7 Å². The lowest BCUT2D eigenvalue weighted by atomic mass is 9.80. The van der Waals surface area contributed by atoms with Crippen molar-refractivity contribution in [3.63, 3.8) is 0 Å². The van der Waals surface area contributed by atoms with Gasteiger partial charge in [0, 0.05) is 41.5 Å². The van der Waals surface area contributed by atoms with Crippen molar-refractivity contribution >= 4 is 28.1 Å². The first-order valence-corrected chi connectivity index (χ1v) is 11.0. The predicted molar refractivity (Wildman–Crippen MR) is 120 cm³/mol. The molecule has 6 nitrogen and oxygen atoms in total. The number of aromatic nitrogens is 4. The molecule has 1 aromatic carbocycles. The second kappa shape index (κ2) is 7.38. The van der Waals surface area contributed by atoms with Crippen LogP contribution in [0.4, 0.5) is 5.13 Å². The van der Waals surface area contributed by atoms with E-state index in [1.807, 2.05) is 37.6 Å². The van der Waals surface area contributed by atoms with Crippen LogP contribution in [0.1, 0.15) is 40.5 Å². The van der Waals surface area contributed by atoms with Gasteiger partial charge < -0.3 is 10.6 Å². The minimum atomic E-state index is 0.0817. The zero-order chi connectivity index (χ0) is 20.8. The molecule has 1 aliphatic heterocycles. The predicted octanol–water partition coefficient (Wildman–Crippen LogP) is 4.98. The summed E-state index contributed by atoms with van der Waals surface area (Å²) >= 11 is 8.12. The fourth-order valence-corrected chi connectivity index (χ4v) is 5.61. The zero-order valence-corrected chi connectivity index (χ0v) is 19.0. The first-order chi connectivity index (χ1) is 13.6. The molecule has 29 heavy (non-hydrogen) atoms. The lowest BCUT2D eigenvalue weighted by Crippen LogP contribution is -2.60. The maximum Gasteiger partial charge on any atom is 0.206 e. The molecule has 3 aromatic rings. The lowest BCUT2D eigenvalue weighted by Gasteiger charge is -2.46. The van der Waals surface area contributed by atoms with Gasteiger partial charge in [0.2, 0.25) is 5.13 Å². The highest BCUT2D eigenvalue weighted by atomic mass is 35.5. The van der Waals surface area contributed by atoms with Gasteiger partial charge in [0.15, 0.2) is 5.01 Å². The Morgan fingerprint density at radius 3 is 2.48 bits per heavy atom. The van der Waals surface area contributed by atoms with Crippen LogP contribution in [0.15, 0.2) is 30.6 Å². The van der Waals surface area contributed by atoms with Gasteiger partial charge in [0.05, 0.1) is 11.2 Å². The quantitative estimate of drug-likeness (QED) is 0.610. The van der Waals surface area contributed by atoms with E-state index in [0.717, 1.165) is 39.7 Å². The molecule has 0 bridgehead atoms. The Labute approximate surface area is 180 Å². The van der Waals surface area contributed by atoms with Crippen LogP contribution in [0, 0.1) is 0 Å². The van der Waals surface area contributed by atoms with Gasteiger partial charge in [-0.3, -0.25) is 4.68 Å². The Hall–Kier alpha value is -1.96. The van der Waals surface area contributed by atoms with Crippen LogP contribution in [0.2, 0.25) is 5.02 Å². The van der Waals surface area contributed by atoms with Crippen molar-refractivity contribution < 1.29 is 0 Å². The number of nitrogens with zero attached hydrogens (tertiary/aromatic N) is 4. The molecule has 8 heteroatoms. The van der Waals surface area contributed by atoms with Crippen molar-refractivity contribution in [1.82, 2.24) is 25.3 Å². The lowest BCUT2D eigenvalue weighted by molar-refractivity contribution is 0.170. The number of anilines is 1. The SMILES string of the molecule is Cn1cc(-c2ccc(-c3nnc(NC4CC(C)(C)NC(C)(C)C4)s3)c(Cl)c2)cn1. The molecule has 0 spiro atoms. The largest absolute Gasteiger partial charge is 0.357 e. The summed E-state index contributed by atoms with van der Waals surface area (Å²) in [5, 5.41) is 22.6. The average molecular weight is 431 g/mol. The van der Waals surface area contributed by atoms with Crippen molar-refractivity contribution in [1.29, 1.82) is 0 Å². The summed E-state index contributed by atoms with van der Waals surface area (Å²) in [6, 6.07) is 6.36. The first kappa shape index (κ1) is 20.3. The number of halogens is 1. The number of aryl methyl sites for hydroxylation is 1. The van der Waals surface area contributed by atoms with E-state index in [4.69, 9.17) is 11.6 Å². The Morgan fingerprint density at radius 2 is 1.86 bits per heavy atom. The summed E-state index contributed by atoms with van der Waals surface area (Å²) in [5.74, 6) is 0. The minimum Gasteiger partial charge on any atom is -0.357 e. The van der Waals surface area contributed by atoms with E-state index in [2.05, 4.69) is 53.6 Å². The summed E-state index contributed by atoms with van der Waals surface area (Å²) < 4.78 is 1.78. The maximum atomic E-state index is 6.58. The molecule has 0 saturated carbocycles. The third-order valence-electron chi connectivity index (χ3n) is 5.18. The van der Waals surface area contributed by atoms with Crippen LogP contribution in [0.5, 0.6) is 0 Å². The van der Waals surface area contributed by atoms with Crippen molar-refractivity contribution in [2.24, 2.45) is 7.05 Å². The van der Waals surface area contributed by atoms with Gasteiger partial charge in [-0.1, -0.05) is 29.0 Å². The molecule has 3 heterocycles. The number of hydrogen-bond donors (Lipinski definition) is 2. The highest BCUT2D eigenvalue weighted by Gasteiger charge is 2.37. The number of piperidine rings is 1. The van der Waals surface area contributed by atoms with Gasteiger partial charge in [-0.2, -0.15) is 5.10 Å². The van der Waals surface area contributed by atoms with E-state index >= 15 is 0 Å². The molecule has 0 atom stereocenters. The van der Waals surface area contributed by atoms with Crippen LogP contribution in [0.3, 0.4) is 0 Å². The molecular formula is C21H27ClN6S. The van der Waals surface area contributed by atoms with Crippen LogP contribution in [-0.4, -0.2) is 37.1 Å². The smallest absolute Gasteiger partial charge is 0.206 e.